The number of hydrogen-bond donors (Lipinski definition) is 6. The number of imide groups is 3. The molecule has 0 aliphatic rings. The lowest BCUT2D eigenvalue weighted by molar-refractivity contribution is -0.121. The van der Waals surface area contributed by atoms with Crippen LogP contribution in [0.25, 0.3) is 0 Å². The monoisotopic (exact) mass is 1290 g/mol. The molecule has 0 unspecified atom stereocenters. The number of carbonyl (C=O) groups excluding carboxylic acids is 9. The van der Waals surface area contributed by atoms with Gasteiger partial charge in [-0.15, -0.1) is 0 Å². The van der Waals surface area contributed by atoms with E-state index in [2.05, 4.69) is 16.0 Å². The third-order valence-electron chi connectivity index (χ3n) is 14.7. The number of nitrogens with one attached hydrogen (secondary N) is 3. The maximum atomic E-state index is 14.6. The Kier molecular flexibility index (Phi) is 26.9. The van der Waals surface area contributed by atoms with Crippen molar-refractivity contribution in [2.24, 2.45) is 17.2 Å². The third-order valence-corrected chi connectivity index (χ3v) is 14.7. The van der Waals surface area contributed by atoms with Crippen LogP contribution < -0.4 is 33.2 Å². The van der Waals surface area contributed by atoms with Gasteiger partial charge in [-0.1, -0.05) is 91.0 Å². The lowest BCUT2D eigenvalue weighted by Gasteiger charge is -2.31. The number of rotatable bonds is 27. The molecule has 0 saturated carbocycles. The number of ether oxygens (including phenoxy) is 3. The number of amides is 9. The highest BCUT2D eigenvalue weighted by Gasteiger charge is 2.41. The second-order valence-corrected chi connectivity index (χ2v) is 25.7. The Morgan fingerprint density at radius 2 is 0.564 bits per heavy atom. The summed E-state index contributed by atoms with van der Waals surface area (Å²) >= 11 is 0. The minimum atomic E-state index is -1.31. The molecule has 6 aromatic carbocycles. The highest BCUT2D eigenvalue weighted by atomic mass is 16.6. The van der Waals surface area contributed by atoms with Gasteiger partial charge < -0.3 is 47.4 Å². The number of unbranched alkanes of at least 4 members (excludes halogenated alkanes) is 3. The van der Waals surface area contributed by atoms with E-state index in [0.717, 1.165) is 14.7 Å². The van der Waals surface area contributed by atoms with E-state index in [4.69, 9.17) is 31.4 Å². The van der Waals surface area contributed by atoms with Crippen molar-refractivity contribution in [3.8, 4) is 0 Å². The summed E-state index contributed by atoms with van der Waals surface area (Å²) in [5, 5.41) is 8.80. The molecule has 0 bridgehead atoms. The number of nitrogens with zero attached hydrogens (tertiary/aromatic N) is 3. The Balaban J connectivity index is 1.39. The molecule has 21 nitrogen and oxygen atoms in total. The van der Waals surface area contributed by atoms with Crippen LogP contribution in [0, 0.1) is 0 Å². The van der Waals surface area contributed by atoms with Crippen LogP contribution in [0.15, 0.2) is 164 Å². The fourth-order valence-electron chi connectivity index (χ4n) is 10.3. The predicted molar refractivity (Wildman–Crippen MR) is 363 cm³/mol. The van der Waals surface area contributed by atoms with E-state index in [9.17, 15) is 43.2 Å². The molecule has 0 aliphatic carbocycles. The zero-order valence-corrected chi connectivity index (χ0v) is 55.4. The molecule has 6 rings (SSSR count). The first kappa shape index (κ1) is 73.5. The molecule has 500 valence electrons. The van der Waals surface area contributed by atoms with Crippen molar-refractivity contribution in [1.29, 1.82) is 0 Å². The van der Waals surface area contributed by atoms with Crippen LogP contribution in [0.5, 0.6) is 0 Å². The minimum absolute atomic E-state index is 0.0827. The lowest BCUT2D eigenvalue weighted by Crippen LogP contribution is -2.52. The molecular weight excluding hydrogens is 1190 g/mol. The molecule has 0 radical (unpaired) electrons. The molecule has 3 atom stereocenters. The van der Waals surface area contributed by atoms with Crippen molar-refractivity contribution in [2.45, 2.75) is 161 Å². The molecule has 0 saturated heterocycles. The van der Waals surface area contributed by atoms with Crippen LogP contribution in [0.3, 0.4) is 0 Å². The smallest absolute Gasteiger partial charge is 0.418 e. The van der Waals surface area contributed by atoms with Gasteiger partial charge in [-0.3, -0.25) is 28.8 Å². The summed E-state index contributed by atoms with van der Waals surface area (Å²) in [6.07, 6.45) is 0.0320. The van der Waals surface area contributed by atoms with Crippen LogP contribution >= 0.6 is 0 Å². The van der Waals surface area contributed by atoms with Crippen molar-refractivity contribution in [3.05, 3.63) is 197 Å². The summed E-state index contributed by atoms with van der Waals surface area (Å²) in [5.41, 5.74) is 18.3. The largest absolute Gasteiger partial charge is 0.443 e. The van der Waals surface area contributed by atoms with Gasteiger partial charge in [0.1, 0.15) is 34.9 Å². The average Bonchev–Trinajstić information content (AvgIpc) is 0.834. The predicted octanol–water partition coefficient (Wildman–Crippen LogP) is 12.4. The summed E-state index contributed by atoms with van der Waals surface area (Å²) < 4.78 is 17.2. The van der Waals surface area contributed by atoms with Crippen LogP contribution in [-0.2, 0) is 28.6 Å². The Bertz CT molecular complexity index is 3130. The van der Waals surface area contributed by atoms with Gasteiger partial charge in [0.15, 0.2) is 0 Å². The molecule has 9 N–H and O–H groups in total. The summed E-state index contributed by atoms with van der Waals surface area (Å²) in [4.78, 5) is 131. The fraction of sp³-hybridized carbons (Fsp3) is 0.384. The van der Waals surface area contributed by atoms with E-state index in [1.165, 1.54) is 0 Å². The summed E-state index contributed by atoms with van der Waals surface area (Å²) in [6.45, 7) is 15.9. The second-order valence-electron chi connectivity index (χ2n) is 25.7. The van der Waals surface area contributed by atoms with Crippen LogP contribution in [0.4, 0.5) is 31.4 Å². The zero-order chi connectivity index (χ0) is 68.8. The lowest BCUT2D eigenvalue weighted by atomic mass is 9.85. The summed E-state index contributed by atoms with van der Waals surface area (Å²) in [5.74, 6) is -4.68. The highest BCUT2D eigenvalue weighted by Crippen LogP contribution is 2.35. The standard InChI is InChI=1S/C73H91N9O12/c1-71(2,3)92-68(89)80(65(86)52-25-13-10-14-26-52)58(31-19-22-46-74)62(83)77-55-40-34-49(35-41-55)61(50-36-42-56(43-37-50)78-63(84)59(32-20-23-47-75)81(69(90)93-72(4,5)6)66(87)53-27-15-11-16-28-53)51-38-44-57(45-39-51)79-64(85)60(33-21-24-48-76)82(70(91)94-73(7,8)9)67(88)54-29-17-12-18-30-54/h10-18,25-30,34-45,58-61H,19-24,31-33,46-48,74-76H2,1-9H3,(H,77,83)(H,78,84)(H,79,85)/t58-,59-,60-/m0/s1. The molecule has 6 aromatic rings. The molecule has 21 heteroatoms. The van der Waals surface area contributed by atoms with Gasteiger partial charge in [0.25, 0.3) is 17.7 Å². The molecule has 0 aromatic heterocycles. The van der Waals surface area contributed by atoms with Crippen LogP contribution in [0.1, 0.15) is 174 Å². The maximum Gasteiger partial charge on any atom is 0.418 e. The van der Waals surface area contributed by atoms with E-state index >= 15 is 0 Å². The van der Waals surface area contributed by atoms with Crippen molar-refractivity contribution in [3.63, 3.8) is 0 Å². The number of anilines is 3. The van der Waals surface area contributed by atoms with E-state index in [1.807, 2.05) is 0 Å². The SMILES string of the molecule is CC(C)(C)OC(=O)N(C(=O)c1ccccc1)[C@@H](CCCCN)C(=O)Nc1ccc(C(c2ccc(NC(=O)[C@H](CCCCN)N(C(=O)OC(C)(C)C)C(=O)c3ccccc3)cc2)c2ccc(NC(=O)[C@H](CCCCN)N(C(=O)OC(C)(C)C)C(=O)c3ccccc3)cc2)cc1. The Labute approximate surface area is 551 Å². The summed E-state index contributed by atoms with van der Waals surface area (Å²) in [7, 11) is 0. The van der Waals surface area contributed by atoms with Crippen LogP contribution in [-0.4, -0.2) is 123 Å². The first-order valence-corrected chi connectivity index (χ1v) is 31.8. The second kappa shape index (κ2) is 34.4. The van der Waals surface area contributed by atoms with Crippen molar-refractivity contribution in [2.75, 3.05) is 35.6 Å². The van der Waals surface area contributed by atoms with Gasteiger partial charge >= 0.3 is 18.3 Å². The van der Waals surface area contributed by atoms with Crippen molar-refractivity contribution in [1.82, 2.24) is 14.7 Å². The third kappa shape index (κ3) is 21.8. The quantitative estimate of drug-likeness (QED) is 0.0159. The summed E-state index contributed by atoms with van der Waals surface area (Å²) in [6, 6.07) is 41.5. The average molecular weight is 1290 g/mol. The zero-order valence-electron chi connectivity index (χ0n) is 55.4. The first-order valence-electron chi connectivity index (χ1n) is 31.8. The van der Waals surface area contributed by atoms with Crippen molar-refractivity contribution >= 4 is 70.8 Å². The molecular formula is C73H91N9O12. The van der Waals surface area contributed by atoms with Gasteiger partial charge in [0.2, 0.25) is 17.7 Å². The molecule has 0 spiro atoms. The van der Waals surface area contributed by atoms with E-state index in [0.29, 0.717) is 91.9 Å². The number of hydrogen-bond acceptors (Lipinski definition) is 15. The van der Waals surface area contributed by atoms with E-state index < -0.39 is 94.6 Å². The molecule has 0 aliphatic heterocycles. The maximum absolute atomic E-state index is 14.6. The van der Waals surface area contributed by atoms with Gasteiger partial charge in [-0.2, -0.15) is 0 Å². The molecule has 0 heterocycles. The van der Waals surface area contributed by atoms with E-state index in [1.54, 1.807) is 226 Å². The Morgan fingerprint density at radius 3 is 0.766 bits per heavy atom. The topological polar surface area (TPSA) is 305 Å². The molecule has 94 heavy (non-hydrogen) atoms. The Morgan fingerprint density at radius 1 is 0.340 bits per heavy atom. The van der Waals surface area contributed by atoms with Crippen molar-refractivity contribution < 1.29 is 57.4 Å². The first-order chi connectivity index (χ1) is 44.6. The van der Waals surface area contributed by atoms with Gasteiger partial charge in [-0.25, -0.2) is 29.1 Å². The number of nitrogens with two attached hydrogens (primary N) is 3. The number of carbonyl (C=O) groups is 9. The molecule has 9 amide bonds. The highest BCUT2D eigenvalue weighted by molar-refractivity contribution is 6.10. The van der Waals surface area contributed by atoms with Gasteiger partial charge in [0, 0.05) is 39.7 Å². The van der Waals surface area contributed by atoms with E-state index in [-0.39, 0.29) is 36.0 Å². The van der Waals surface area contributed by atoms with Gasteiger partial charge in [-0.05, 0) is 229 Å². The van der Waals surface area contributed by atoms with Crippen LogP contribution in [0.2, 0.25) is 0 Å². The fourth-order valence-corrected chi connectivity index (χ4v) is 10.3. The van der Waals surface area contributed by atoms with Gasteiger partial charge in [0.05, 0.1) is 0 Å². The Hall–Kier alpha value is -9.57. The molecule has 0 fully saturated rings. The normalized spacial score (nSPS) is 12.5. The minimum Gasteiger partial charge on any atom is -0.443 e. The number of benzene rings is 6.